The number of halogens is 3. The molecule has 2 nitrogen and oxygen atoms in total. The summed E-state index contributed by atoms with van der Waals surface area (Å²) >= 11 is 11.7. The summed E-state index contributed by atoms with van der Waals surface area (Å²) in [5, 5.41) is 3.00. The van der Waals surface area contributed by atoms with E-state index in [1.165, 1.54) is 12.1 Å². The molecule has 0 aliphatic heterocycles. The van der Waals surface area contributed by atoms with Gasteiger partial charge in [-0.15, -0.1) is 11.6 Å². The van der Waals surface area contributed by atoms with E-state index in [2.05, 4.69) is 12.2 Å². The lowest BCUT2D eigenvalue weighted by molar-refractivity contribution is 0.0872. The highest BCUT2D eigenvalue weighted by molar-refractivity contribution is 6.30. The van der Waals surface area contributed by atoms with Crippen molar-refractivity contribution in [2.45, 2.75) is 38.1 Å². The van der Waals surface area contributed by atoms with Gasteiger partial charge >= 0.3 is 0 Å². The zero-order valence-electron chi connectivity index (χ0n) is 11.4. The lowest BCUT2D eigenvalue weighted by Crippen LogP contribution is -2.52. The molecule has 0 heterocycles. The van der Waals surface area contributed by atoms with E-state index in [0.29, 0.717) is 11.8 Å². The zero-order chi connectivity index (χ0) is 14.8. The van der Waals surface area contributed by atoms with E-state index in [1.54, 1.807) is 0 Å². The molecule has 1 saturated carbocycles. The van der Waals surface area contributed by atoms with Crippen LogP contribution in [-0.2, 0) is 0 Å². The second-order valence-electron chi connectivity index (χ2n) is 5.68. The molecule has 0 bridgehead atoms. The first-order valence-electron chi connectivity index (χ1n) is 6.79. The van der Waals surface area contributed by atoms with Gasteiger partial charge in [-0.3, -0.25) is 4.79 Å². The number of alkyl halides is 1. The molecular weight excluding hydrogens is 300 g/mol. The Morgan fingerprint density at radius 1 is 1.45 bits per heavy atom. The largest absolute Gasteiger partial charge is 0.345 e. The molecule has 1 fully saturated rings. The standard InChI is InChI=1S/C15H18Cl2FNO/c1-10-4-6-15(9-16,7-5-10)19-14(20)11-2-3-12(17)13(18)8-11/h2-3,8,10H,4-7,9H2,1H3,(H,19,20). The summed E-state index contributed by atoms with van der Waals surface area (Å²) in [5.74, 6) is 0.158. The fourth-order valence-electron chi connectivity index (χ4n) is 2.56. The molecule has 110 valence electrons. The fourth-order valence-corrected chi connectivity index (χ4v) is 3.01. The first-order chi connectivity index (χ1) is 9.46. The van der Waals surface area contributed by atoms with Crippen molar-refractivity contribution in [3.8, 4) is 0 Å². The quantitative estimate of drug-likeness (QED) is 0.823. The van der Waals surface area contributed by atoms with Gasteiger partial charge in [-0.25, -0.2) is 4.39 Å². The third-order valence-electron chi connectivity index (χ3n) is 4.05. The summed E-state index contributed by atoms with van der Waals surface area (Å²) in [4.78, 5) is 12.2. The van der Waals surface area contributed by atoms with E-state index in [9.17, 15) is 9.18 Å². The van der Waals surface area contributed by atoms with E-state index < -0.39 is 5.82 Å². The van der Waals surface area contributed by atoms with Crippen LogP contribution in [0.25, 0.3) is 0 Å². The van der Waals surface area contributed by atoms with Gasteiger partial charge in [-0.1, -0.05) is 18.5 Å². The minimum absolute atomic E-state index is 0.0140. The van der Waals surface area contributed by atoms with Crippen molar-refractivity contribution in [2.24, 2.45) is 5.92 Å². The molecule has 1 aromatic carbocycles. The summed E-state index contributed by atoms with van der Waals surface area (Å²) in [6.45, 7) is 2.20. The lowest BCUT2D eigenvalue weighted by atomic mass is 9.78. The number of hydrogen-bond donors (Lipinski definition) is 1. The fraction of sp³-hybridized carbons (Fsp3) is 0.533. The van der Waals surface area contributed by atoms with Gasteiger partial charge in [-0.05, 0) is 49.8 Å². The van der Waals surface area contributed by atoms with Crippen LogP contribution in [0.3, 0.4) is 0 Å². The molecule has 20 heavy (non-hydrogen) atoms. The van der Waals surface area contributed by atoms with Crippen LogP contribution in [0.15, 0.2) is 18.2 Å². The molecule has 2 rings (SSSR count). The van der Waals surface area contributed by atoms with Crippen molar-refractivity contribution in [3.63, 3.8) is 0 Å². The Morgan fingerprint density at radius 2 is 2.10 bits per heavy atom. The number of nitrogens with one attached hydrogen (secondary N) is 1. The molecule has 1 aromatic rings. The van der Waals surface area contributed by atoms with E-state index in [-0.39, 0.29) is 22.0 Å². The van der Waals surface area contributed by atoms with Gasteiger partial charge in [0.1, 0.15) is 5.82 Å². The summed E-state index contributed by atoms with van der Waals surface area (Å²) in [6, 6.07) is 4.07. The first kappa shape index (κ1) is 15.6. The molecular formula is C15H18Cl2FNO. The predicted molar refractivity (Wildman–Crippen MR) is 80.0 cm³/mol. The average molecular weight is 318 g/mol. The number of carbonyl (C=O) groups excluding carboxylic acids is 1. The van der Waals surface area contributed by atoms with Crippen molar-refractivity contribution in [1.29, 1.82) is 0 Å². The number of benzene rings is 1. The van der Waals surface area contributed by atoms with Gasteiger partial charge in [0.25, 0.3) is 5.91 Å². The highest BCUT2D eigenvalue weighted by Crippen LogP contribution is 2.33. The van der Waals surface area contributed by atoms with Crippen LogP contribution in [0.2, 0.25) is 5.02 Å². The van der Waals surface area contributed by atoms with Gasteiger partial charge < -0.3 is 5.32 Å². The Bertz CT molecular complexity index is 499. The maximum absolute atomic E-state index is 13.4. The molecule has 0 aromatic heterocycles. The van der Waals surface area contributed by atoms with Gasteiger partial charge in [0, 0.05) is 11.4 Å². The second-order valence-corrected chi connectivity index (χ2v) is 6.35. The molecule has 5 heteroatoms. The van der Waals surface area contributed by atoms with Gasteiger partial charge in [0.2, 0.25) is 0 Å². The Labute approximate surface area is 128 Å². The Balaban J connectivity index is 2.11. The van der Waals surface area contributed by atoms with E-state index >= 15 is 0 Å². The van der Waals surface area contributed by atoms with Crippen molar-refractivity contribution >= 4 is 29.1 Å². The molecule has 0 radical (unpaired) electrons. The van der Waals surface area contributed by atoms with Crippen LogP contribution in [0, 0.1) is 11.7 Å². The van der Waals surface area contributed by atoms with Gasteiger partial charge in [0.05, 0.1) is 10.6 Å². The van der Waals surface area contributed by atoms with E-state index in [1.807, 2.05) is 0 Å². The summed E-state index contributed by atoms with van der Waals surface area (Å²) in [7, 11) is 0. The van der Waals surface area contributed by atoms with Crippen LogP contribution < -0.4 is 5.32 Å². The topological polar surface area (TPSA) is 29.1 Å². The number of rotatable bonds is 3. The van der Waals surface area contributed by atoms with Crippen LogP contribution >= 0.6 is 23.2 Å². The summed E-state index contributed by atoms with van der Waals surface area (Å²) in [5.41, 5.74) is -0.101. The molecule has 1 aliphatic carbocycles. The number of amides is 1. The Kier molecular flexibility index (Phi) is 4.92. The average Bonchev–Trinajstić information content (AvgIpc) is 2.44. The summed E-state index contributed by atoms with van der Waals surface area (Å²) < 4.78 is 13.4. The van der Waals surface area contributed by atoms with Crippen molar-refractivity contribution < 1.29 is 9.18 Å². The SMILES string of the molecule is CC1CCC(CCl)(NC(=O)c2ccc(Cl)c(F)c2)CC1. The van der Waals surface area contributed by atoms with Crippen LogP contribution in [-0.4, -0.2) is 17.3 Å². The molecule has 0 saturated heterocycles. The van der Waals surface area contributed by atoms with Crippen LogP contribution in [0.4, 0.5) is 4.39 Å². The molecule has 0 spiro atoms. The molecule has 1 amide bonds. The van der Waals surface area contributed by atoms with E-state index in [4.69, 9.17) is 23.2 Å². The molecule has 1 N–H and O–H groups in total. The van der Waals surface area contributed by atoms with Crippen molar-refractivity contribution in [1.82, 2.24) is 5.32 Å². The highest BCUT2D eigenvalue weighted by Gasteiger charge is 2.35. The first-order valence-corrected chi connectivity index (χ1v) is 7.70. The summed E-state index contributed by atoms with van der Waals surface area (Å²) in [6.07, 6.45) is 3.81. The maximum atomic E-state index is 13.4. The molecule has 0 atom stereocenters. The third-order valence-corrected chi connectivity index (χ3v) is 4.87. The monoisotopic (exact) mass is 317 g/mol. The minimum Gasteiger partial charge on any atom is -0.345 e. The van der Waals surface area contributed by atoms with Crippen LogP contribution in [0.1, 0.15) is 43.0 Å². The highest BCUT2D eigenvalue weighted by atomic mass is 35.5. The number of hydrogen-bond acceptors (Lipinski definition) is 1. The van der Waals surface area contributed by atoms with Crippen LogP contribution in [0.5, 0.6) is 0 Å². The second kappa shape index (κ2) is 6.31. The zero-order valence-corrected chi connectivity index (χ0v) is 12.9. The van der Waals surface area contributed by atoms with Crippen molar-refractivity contribution in [3.05, 3.63) is 34.6 Å². The Morgan fingerprint density at radius 3 is 2.65 bits per heavy atom. The van der Waals surface area contributed by atoms with Gasteiger partial charge in [0.15, 0.2) is 0 Å². The third kappa shape index (κ3) is 3.44. The smallest absolute Gasteiger partial charge is 0.251 e. The van der Waals surface area contributed by atoms with Crippen molar-refractivity contribution in [2.75, 3.05) is 5.88 Å². The maximum Gasteiger partial charge on any atom is 0.251 e. The normalized spacial score (nSPS) is 26.3. The Hall–Kier alpha value is -0.800. The van der Waals surface area contributed by atoms with Gasteiger partial charge in [-0.2, -0.15) is 0 Å². The van der Waals surface area contributed by atoms with E-state index in [0.717, 1.165) is 31.7 Å². The minimum atomic E-state index is -0.587. The number of carbonyl (C=O) groups is 1. The lowest BCUT2D eigenvalue weighted by Gasteiger charge is -2.38. The predicted octanol–water partition coefficient (Wildman–Crippen LogP) is 4.40. The molecule has 0 unspecified atom stereocenters. The molecule has 1 aliphatic rings.